The van der Waals surface area contributed by atoms with Crippen molar-refractivity contribution in [2.24, 2.45) is 11.1 Å². The molecule has 3 aromatic rings. The van der Waals surface area contributed by atoms with E-state index in [2.05, 4.69) is 21.1 Å². The van der Waals surface area contributed by atoms with Crippen molar-refractivity contribution < 1.29 is 47.9 Å². The van der Waals surface area contributed by atoms with Crippen LogP contribution < -0.4 is 20.7 Å². The van der Waals surface area contributed by atoms with Crippen LogP contribution in [-0.4, -0.2) is 125 Å². The second kappa shape index (κ2) is 21.9. The van der Waals surface area contributed by atoms with Crippen LogP contribution in [0.15, 0.2) is 90.1 Å². The number of carbonyl (C=O) groups excluding carboxylic acids is 5. The molecule has 1 unspecified atom stereocenters. The number of epoxide rings is 1. The molecule has 0 bridgehead atoms. The van der Waals surface area contributed by atoms with Crippen molar-refractivity contribution in [3.63, 3.8) is 0 Å². The summed E-state index contributed by atoms with van der Waals surface area (Å²) in [4.78, 5) is 88.5. The summed E-state index contributed by atoms with van der Waals surface area (Å²) in [5.74, 6) is -1.74. The molecule has 3 aromatic carbocycles. The minimum absolute atomic E-state index is 0.00727. The maximum atomic E-state index is 14.7. The smallest absolute Gasteiger partial charge is 0.393 e. The van der Waals surface area contributed by atoms with Crippen LogP contribution in [0, 0.1) is 16.0 Å². The predicted molar refractivity (Wildman–Crippen MR) is 234 cm³/mol. The molecule has 0 aromatic heterocycles. The van der Waals surface area contributed by atoms with Crippen LogP contribution >= 0.6 is 0 Å². The zero-order valence-corrected chi connectivity index (χ0v) is 36.6. The number of morpholine rings is 1. The molecule has 6 rings (SSSR count). The van der Waals surface area contributed by atoms with Crippen LogP contribution in [-0.2, 0) is 46.3 Å². The van der Waals surface area contributed by atoms with Crippen molar-refractivity contribution in [2.75, 3.05) is 39.5 Å². The number of nitrogens with one attached hydrogen (secondary N) is 3. The molecule has 4 amide bonds. The Morgan fingerprint density at radius 3 is 2.17 bits per heavy atom. The van der Waals surface area contributed by atoms with Crippen LogP contribution in [0.5, 0.6) is 5.75 Å². The molecule has 64 heavy (non-hydrogen) atoms. The van der Waals surface area contributed by atoms with Gasteiger partial charge in [0, 0.05) is 37.7 Å². The highest BCUT2D eigenvalue weighted by Gasteiger charge is 2.50. The highest BCUT2D eigenvalue weighted by atomic mass is 16.8. The predicted octanol–water partition coefficient (Wildman–Crippen LogP) is 3.95. The number of hydrogen-bond donors (Lipinski definition) is 3. The summed E-state index contributed by atoms with van der Waals surface area (Å²) in [6, 6.07) is 19.5. The third kappa shape index (κ3) is 13.2. The van der Waals surface area contributed by atoms with Gasteiger partial charge < -0.3 is 35.1 Å². The van der Waals surface area contributed by atoms with Gasteiger partial charge in [-0.15, -0.1) is 0 Å². The summed E-state index contributed by atoms with van der Waals surface area (Å²) in [5, 5.41) is 24.1. The molecule has 3 N–H and O–H groups in total. The van der Waals surface area contributed by atoms with Crippen molar-refractivity contribution in [1.29, 1.82) is 0 Å². The average Bonchev–Trinajstić information content (AvgIpc) is 3.96. The molecule has 0 radical (unpaired) electrons. The van der Waals surface area contributed by atoms with E-state index >= 15 is 0 Å². The van der Waals surface area contributed by atoms with Crippen molar-refractivity contribution in [2.45, 2.75) is 95.6 Å². The van der Waals surface area contributed by atoms with Crippen molar-refractivity contribution in [1.82, 2.24) is 25.8 Å². The first-order valence-corrected chi connectivity index (χ1v) is 21.6. The Balaban J connectivity index is 1.19. The fraction of sp³-hybridized carbons (Fsp3) is 0.478. The molecule has 3 heterocycles. The second-order valence-corrected chi connectivity index (χ2v) is 17.0. The van der Waals surface area contributed by atoms with E-state index in [4.69, 9.17) is 19.0 Å². The Morgan fingerprint density at radius 2 is 1.56 bits per heavy atom. The Labute approximate surface area is 372 Å². The topological polar surface area (TPSA) is 224 Å². The number of likely N-dealkylation sites (tertiary alicyclic amines) is 1. The number of aryl methyl sites for hydroxylation is 1. The summed E-state index contributed by atoms with van der Waals surface area (Å²) in [6.07, 6.45) is 0.312. The van der Waals surface area contributed by atoms with E-state index in [9.17, 15) is 34.1 Å². The SMILES string of the molecule is CC(C)C[C@H](NC(=O)[C@H](Cc1ccccc1)N1C(=O)[C@@H](NC(=O)[C@H](CCc2ccccc2)NC(=O)CN2CCOCC2)CC1C)/C(=N/OC(=O)Oc1ccc([N+](=O)[O-])cc1)[C@@]1(C)CO1. The zero-order chi connectivity index (χ0) is 45.8. The summed E-state index contributed by atoms with van der Waals surface area (Å²) in [6.45, 7) is 10.1. The van der Waals surface area contributed by atoms with E-state index in [0.29, 0.717) is 45.6 Å². The van der Waals surface area contributed by atoms with E-state index < -0.39 is 64.6 Å². The highest BCUT2D eigenvalue weighted by Crippen LogP contribution is 2.32. The molecule has 18 nitrogen and oxygen atoms in total. The fourth-order valence-corrected chi connectivity index (χ4v) is 7.99. The van der Waals surface area contributed by atoms with E-state index in [1.807, 2.05) is 86.3 Å². The van der Waals surface area contributed by atoms with Crippen molar-refractivity contribution >= 4 is 41.2 Å². The standard InChI is InChI=1S/C46H57N7O11/c1-30(2)25-37(41(46(4)29-62-46)50-64-45(58)63-35-18-16-34(17-19-35)53(59)60)48-43(56)39(27-33-13-9-6-10-14-33)52-31(3)26-38(44(52)57)49-42(55)36(20-15-32-11-7-5-8-12-32)47-40(54)28-51-21-23-61-24-22-51/h5-14,16-19,30-31,36-39H,15,20-29H2,1-4H3,(H,47,54)(H,48,56)(H,49,55)/b50-41-/t31?,36-,37-,38-,39-,46+/m0/s1. The molecule has 0 aliphatic carbocycles. The lowest BCUT2D eigenvalue weighted by Crippen LogP contribution is -2.57. The molecule has 342 valence electrons. The Bertz CT molecular complexity index is 2130. The first-order chi connectivity index (χ1) is 30.7. The maximum absolute atomic E-state index is 14.7. The Morgan fingerprint density at radius 1 is 0.922 bits per heavy atom. The number of benzene rings is 3. The number of non-ortho nitro benzene ring substituents is 1. The first-order valence-electron chi connectivity index (χ1n) is 21.6. The third-order valence-electron chi connectivity index (χ3n) is 11.5. The minimum atomic E-state index is -1.21. The molecule has 6 atom stereocenters. The minimum Gasteiger partial charge on any atom is -0.393 e. The molecule has 18 heteroatoms. The van der Waals surface area contributed by atoms with Gasteiger partial charge in [-0.2, -0.15) is 0 Å². The number of rotatable bonds is 20. The highest BCUT2D eigenvalue weighted by molar-refractivity contribution is 6.02. The summed E-state index contributed by atoms with van der Waals surface area (Å²) in [7, 11) is 0. The largest absolute Gasteiger partial charge is 0.540 e. The van der Waals surface area contributed by atoms with E-state index in [1.165, 1.54) is 29.2 Å². The van der Waals surface area contributed by atoms with Gasteiger partial charge in [0.15, 0.2) is 0 Å². The molecular weight excluding hydrogens is 827 g/mol. The average molecular weight is 884 g/mol. The molecule has 3 fully saturated rings. The molecule has 0 saturated carbocycles. The number of hydrogen-bond acceptors (Lipinski definition) is 13. The first kappa shape index (κ1) is 47.2. The van der Waals surface area contributed by atoms with Gasteiger partial charge in [0.2, 0.25) is 23.6 Å². The van der Waals surface area contributed by atoms with Gasteiger partial charge >= 0.3 is 6.16 Å². The molecule has 0 spiro atoms. The zero-order valence-electron chi connectivity index (χ0n) is 36.6. The van der Waals surface area contributed by atoms with Crippen molar-refractivity contribution in [3.8, 4) is 5.75 Å². The van der Waals surface area contributed by atoms with Crippen LogP contribution in [0.1, 0.15) is 58.1 Å². The van der Waals surface area contributed by atoms with Gasteiger partial charge in [-0.25, -0.2) is 4.79 Å². The molecular formula is C46H57N7O11. The van der Waals surface area contributed by atoms with Gasteiger partial charge in [-0.1, -0.05) is 79.7 Å². The molecule has 3 aliphatic heterocycles. The van der Waals surface area contributed by atoms with Gasteiger partial charge in [-0.3, -0.25) is 39.0 Å². The number of oxime groups is 1. The van der Waals surface area contributed by atoms with Gasteiger partial charge in [0.05, 0.1) is 37.3 Å². The van der Waals surface area contributed by atoms with Gasteiger partial charge in [-0.05, 0) is 68.7 Å². The van der Waals surface area contributed by atoms with Gasteiger partial charge in [0.1, 0.15) is 35.2 Å². The van der Waals surface area contributed by atoms with Crippen LogP contribution in [0.4, 0.5) is 10.5 Å². The summed E-state index contributed by atoms with van der Waals surface area (Å²) < 4.78 is 16.3. The lowest BCUT2D eigenvalue weighted by molar-refractivity contribution is -0.384. The van der Waals surface area contributed by atoms with Crippen LogP contribution in [0.3, 0.4) is 0 Å². The number of nitrogens with zero attached hydrogens (tertiary/aromatic N) is 4. The molecule has 3 saturated heterocycles. The molecule has 3 aliphatic rings. The Kier molecular flexibility index (Phi) is 16.2. The summed E-state index contributed by atoms with van der Waals surface area (Å²) >= 11 is 0. The monoisotopic (exact) mass is 883 g/mol. The third-order valence-corrected chi connectivity index (χ3v) is 11.5. The Hall–Kier alpha value is -6.24. The van der Waals surface area contributed by atoms with E-state index in [1.54, 1.807) is 6.92 Å². The lowest BCUT2D eigenvalue weighted by atomic mass is 9.92. The number of amides is 4. The van der Waals surface area contributed by atoms with Crippen LogP contribution in [0.2, 0.25) is 0 Å². The number of carbonyl (C=O) groups is 5. The maximum Gasteiger partial charge on any atom is 0.540 e. The quantitative estimate of drug-likeness (QED) is 0.0279. The van der Waals surface area contributed by atoms with Crippen LogP contribution in [0.25, 0.3) is 0 Å². The van der Waals surface area contributed by atoms with Crippen molar-refractivity contribution in [3.05, 3.63) is 106 Å². The van der Waals surface area contributed by atoms with Gasteiger partial charge in [0.25, 0.3) is 5.69 Å². The number of nitro groups is 1. The summed E-state index contributed by atoms with van der Waals surface area (Å²) in [5.41, 5.74) is 0.830. The van der Waals surface area contributed by atoms with E-state index in [0.717, 1.165) is 11.1 Å². The number of ether oxygens (including phenoxy) is 3. The lowest BCUT2D eigenvalue weighted by Gasteiger charge is -2.33. The fourth-order valence-electron chi connectivity index (χ4n) is 7.99. The number of nitro benzene ring substituents is 1. The normalized spacial score (nSPS) is 21.4. The van der Waals surface area contributed by atoms with E-state index in [-0.39, 0.29) is 55.0 Å². The second-order valence-electron chi connectivity index (χ2n) is 17.0.